The molecule has 2 nitrogen and oxygen atoms in total. The van der Waals surface area contributed by atoms with Gasteiger partial charge in [0.05, 0.1) is 6.54 Å². The van der Waals surface area contributed by atoms with E-state index in [9.17, 15) is 4.39 Å². The zero-order chi connectivity index (χ0) is 11.0. The molecule has 1 N–H and O–H groups in total. The minimum absolute atomic E-state index is 0.152. The quantitative estimate of drug-likeness (QED) is 0.767. The highest BCUT2D eigenvalue weighted by Crippen LogP contribution is 2.27. The first-order valence-corrected chi connectivity index (χ1v) is 5.88. The Hall–Kier alpha value is -1.22. The summed E-state index contributed by atoms with van der Waals surface area (Å²) in [5.41, 5.74) is 3.43. The summed E-state index contributed by atoms with van der Waals surface area (Å²) in [7, 11) is 0. The fourth-order valence-corrected chi connectivity index (χ4v) is 2.64. The molecule has 0 unspecified atom stereocenters. The van der Waals surface area contributed by atoms with E-state index in [2.05, 4.69) is 10.3 Å². The van der Waals surface area contributed by atoms with Crippen molar-refractivity contribution in [2.75, 3.05) is 13.1 Å². The van der Waals surface area contributed by atoms with E-state index in [0.717, 1.165) is 31.5 Å². The van der Waals surface area contributed by atoms with Crippen molar-refractivity contribution in [2.45, 2.75) is 19.4 Å². The molecule has 0 bridgehead atoms. The average molecular weight is 218 g/mol. The van der Waals surface area contributed by atoms with Crippen molar-refractivity contribution in [2.24, 2.45) is 10.9 Å². The molecule has 0 aromatic heterocycles. The van der Waals surface area contributed by atoms with E-state index < -0.39 is 0 Å². The van der Waals surface area contributed by atoms with Gasteiger partial charge in [0.15, 0.2) is 0 Å². The van der Waals surface area contributed by atoms with E-state index in [-0.39, 0.29) is 5.82 Å². The monoisotopic (exact) mass is 218 g/mol. The summed E-state index contributed by atoms with van der Waals surface area (Å²) in [6.07, 6.45) is 2.30. The molecule has 1 fully saturated rings. The molecule has 2 heterocycles. The molecule has 16 heavy (non-hydrogen) atoms. The Kier molecular flexibility index (Phi) is 2.48. The number of piperidine rings is 1. The van der Waals surface area contributed by atoms with Crippen LogP contribution in [0.15, 0.2) is 23.2 Å². The molecule has 0 atom stereocenters. The zero-order valence-electron chi connectivity index (χ0n) is 9.17. The van der Waals surface area contributed by atoms with Gasteiger partial charge in [0.2, 0.25) is 0 Å². The molecule has 1 aromatic rings. The summed E-state index contributed by atoms with van der Waals surface area (Å²) in [5, 5.41) is 3.36. The van der Waals surface area contributed by atoms with Gasteiger partial charge in [0.25, 0.3) is 0 Å². The van der Waals surface area contributed by atoms with Crippen LogP contribution in [0.5, 0.6) is 0 Å². The molecule has 2 aliphatic heterocycles. The van der Waals surface area contributed by atoms with Crippen molar-refractivity contribution in [3.05, 3.63) is 35.1 Å². The van der Waals surface area contributed by atoms with E-state index >= 15 is 0 Å². The van der Waals surface area contributed by atoms with Crippen molar-refractivity contribution in [3.8, 4) is 0 Å². The Balaban J connectivity index is 1.89. The molecule has 0 radical (unpaired) electrons. The van der Waals surface area contributed by atoms with Crippen LogP contribution in [-0.4, -0.2) is 18.8 Å². The number of nitrogens with zero attached hydrogens (tertiary/aromatic N) is 1. The van der Waals surface area contributed by atoms with Crippen molar-refractivity contribution in [1.82, 2.24) is 5.32 Å². The van der Waals surface area contributed by atoms with Gasteiger partial charge in [-0.1, -0.05) is 0 Å². The number of hydrogen-bond donors (Lipinski definition) is 1. The average Bonchev–Trinajstić information content (AvgIpc) is 2.73. The maximum absolute atomic E-state index is 13.1. The summed E-state index contributed by atoms with van der Waals surface area (Å²) >= 11 is 0. The highest BCUT2D eigenvalue weighted by Gasteiger charge is 2.25. The summed E-state index contributed by atoms with van der Waals surface area (Å²) in [6.45, 7) is 2.80. The number of benzene rings is 1. The number of fused-ring (bicyclic) bond motifs is 1. The third-order valence-electron chi connectivity index (χ3n) is 3.49. The molecule has 3 heteroatoms. The Bertz CT molecular complexity index is 434. The molecule has 0 amide bonds. The Morgan fingerprint density at radius 1 is 1.25 bits per heavy atom. The molecule has 0 saturated carbocycles. The predicted molar refractivity (Wildman–Crippen MR) is 62.2 cm³/mol. The van der Waals surface area contributed by atoms with Crippen LogP contribution in [0.4, 0.5) is 4.39 Å². The van der Waals surface area contributed by atoms with Crippen LogP contribution < -0.4 is 5.32 Å². The van der Waals surface area contributed by atoms with E-state index in [1.165, 1.54) is 11.3 Å². The predicted octanol–water partition coefficient (Wildman–Crippen LogP) is 2.13. The lowest BCUT2D eigenvalue weighted by atomic mass is 9.88. The number of halogens is 1. The maximum Gasteiger partial charge on any atom is 0.123 e. The maximum atomic E-state index is 13.1. The Morgan fingerprint density at radius 3 is 2.88 bits per heavy atom. The van der Waals surface area contributed by atoms with Crippen LogP contribution in [0, 0.1) is 11.7 Å². The molecule has 1 aromatic carbocycles. The molecule has 0 spiro atoms. The minimum Gasteiger partial charge on any atom is -0.317 e. The first-order valence-electron chi connectivity index (χ1n) is 5.88. The minimum atomic E-state index is -0.152. The second kappa shape index (κ2) is 3.98. The van der Waals surface area contributed by atoms with Gasteiger partial charge in [-0.15, -0.1) is 0 Å². The summed E-state index contributed by atoms with van der Waals surface area (Å²) < 4.78 is 13.1. The lowest BCUT2D eigenvalue weighted by Gasteiger charge is -2.23. The van der Waals surface area contributed by atoms with Gasteiger partial charge in [-0.2, -0.15) is 0 Å². The summed E-state index contributed by atoms with van der Waals surface area (Å²) in [4.78, 5) is 4.59. The highest BCUT2D eigenvalue weighted by molar-refractivity contribution is 6.05. The normalized spacial score (nSPS) is 20.7. The molecule has 0 aliphatic carbocycles. The third-order valence-corrected chi connectivity index (χ3v) is 3.49. The third kappa shape index (κ3) is 1.65. The topological polar surface area (TPSA) is 24.4 Å². The van der Waals surface area contributed by atoms with E-state index in [4.69, 9.17) is 0 Å². The Morgan fingerprint density at radius 2 is 2.06 bits per heavy atom. The number of nitrogens with one attached hydrogen (secondary N) is 1. The van der Waals surface area contributed by atoms with Gasteiger partial charge in [-0.05, 0) is 49.7 Å². The SMILES string of the molecule is Fc1ccc2c(c1)CN=C2C1CCNCC1. The van der Waals surface area contributed by atoms with Gasteiger partial charge < -0.3 is 5.32 Å². The first-order chi connectivity index (χ1) is 7.84. The van der Waals surface area contributed by atoms with Crippen LogP contribution in [0.25, 0.3) is 0 Å². The lowest BCUT2D eigenvalue weighted by molar-refractivity contribution is 0.457. The van der Waals surface area contributed by atoms with Crippen molar-refractivity contribution in [1.29, 1.82) is 0 Å². The van der Waals surface area contributed by atoms with Gasteiger partial charge in [-0.25, -0.2) is 4.39 Å². The zero-order valence-corrected chi connectivity index (χ0v) is 9.17. The molecule has 2 aliphatic rings. The first kappa shape index (κ1) is 9.97. The second-order valence-electron chi connectivity index (χ2n) is 4.53. The van der Waals surface area contributed by atoms with Gasteiger partial charge in [0, 0.05) is 17.2 Å². The lowest BCUT2D eigenvalue weighted by Crippen LogP contribution is -2.31. The van der Waals surface area contributed by atoms with E-state index in [1.807, 2.05) is 6.07 Å². The number of rotatable bonds is 1. The molecular formula is C13H15FN2. The largest absolute Gasteiger partial charge is 0.317 e. The van der Waals surface area contributed by atoms with Crippen molar-refractivity contribution >= 4 is 5.71 Å². The highest BCUT2D eigenvalue weighted by atomic mass is 19.1. The van der Waals surface area contributed by atoms with Crippen LogP contribution >= 0.6 is 0 Å². The number of aliphatic imine (C=N–C) groups is 1. The van der Waals surface area contributed by atoms with E-state index in [1.54, 1.807) is 12.1 Å². The molecule has 3 rings (SSSR count). The Labute approximate surface area is 94.6 Å². The van der Waals surface area contributed by atoms with Gasteiger partial charge in [-0.3, -0.25) is 4.99 Å². The number of hydrogen-bond acceptors (Lipinski definition) is 2. The molecule has 84 valence electrons. The van der Waals surface area contributed by atoms with Crippen molar-refractivity contribution < 1.29 is 4.39 Å². The van der Waals surface area contributed by atoms with Crippen LogP contribution in [-0.2, 0) is 6.54 Å². The summed E-state index contributed by atoms with van der Waals surface area (Å²) in [5.74, 6) is 0.411. The van der Waals surface area contributed by atoms with Gasteiger partial charge >= 0.3 is 0 Å². The smallest absolute Gasteiger partial charge is 0.123 e. The molecular weight excluding hydrogens is 203 g/mol. The van der Waals surface area contributed by atoms with Gasteiger partial charge in [0.1, 0.15) is 5.82 Å². The van der Waals surface area contributed by atoms with Crippen molar-refractivity contribution in [3.63, 3.8) is 0 Å². The molecule has 1 saturated heterocycles. The fourth-order valence-electron chi connectivity index (χ4n) is 2.64. The second-order valence-corrected chi connectivity index (χ2v) is 4.53. The van der Waals surface area contributed by atoms with E-state index in [0.29, 0.717) is 12.5 Å². The standard InChI is InChI=1S/C13H15FN2/c14-11-1-2-12-10(7-11)8-16-13(12)9-3-5-15-6-4-9/h1-2,7,9,15H,3-6,8H2. The van der Waals surface area contributed by atoms with Crippen LogP contribution in [0.2, 0.25) is 0 Å². The summed E-state index contributed by atoms with van der Waals surface area (Å²) in [6, 6.07) is 5.05. The van der Waals surface area contributed by atoms with Crippen LogP contribution in [0.3, 0.4) is 0 Å². The van der Waals surface area contributed by atoms with Crippen LogP contribution in [0.1, 0.15) is 24.0 Å². The fraction of sp³-hybridized carbons (Fsp3) is 0.462.